The van der Waals surface area contributed by atoms with Gasteiger partial charge in [0.15, 0.2) is 0 Å². The van der Waals surface area contributed by atoms with Crippen LogP contribution in [0.4, 0.5) is 0 Å². The van der Waals surface area contributed by atoms with E-state index >= 15 is 0 Å². The van der Waals surface area contributed by atoms with Crippen molar-refractivity contribution in [2.75, 3.05) is 33.4 Å². The van der Waals surface area contributed by atoms with Gasteiger partial charge in [-0.3, -0.25) is 4.79 Å². The van der Waals surface area contributed by atoms with E-state index in [1.54, 1.807) is 7.11 Å². The van der Waals surface area contributed by atoms with Gasteiger partial charge in [0.2, 0.25) is 5.91 Å². The van der Waals surface area contributed by atoms with Gasteiger partial charge in [-0.05, 0) is 12.0 Å². The lowest BCUT2D eigenvalue weighted by atomic mass is 9.93. The zero-order valence-electron chi connectivity index (χ0n) is 14.5. The van der Waals surface area contributed by atoms with Crippen molar-refractivity contribution in [3.8, 4) is 0 Å². The van der Waals surface area contributed by atoms with Crippen molar-refractivity contribution in [2.24, 2.45) is 0 Å². The number of benzene rings is 1. The standard InChI is InChI=1S/C19H28N2O3/c1-23-19(8-11-24-12-9-19)15-20-17-7-10-21(18(22)13-17)14-16-5-3-2-4-6-16/h2-6,17,20H,7-15H2,1H3/t17-/m1/s1. The van der Waals surface area contributed by atoms with Crippen molar-refractivity contribution in [2.45, 2.75) is 43.9 Å². The maximum atomic E-state index is 12.4. The van der Waals surface area contributed by atoms with Crippen LogP contribution in [0.1, 0.15) is 31.2 Å². The van der Waals surface area contributed by atoms with E-state index < -0.39 is 0 Å². The zero-order chi connectivity index (χ0) is 16.8. The lowest BCUT2D eigenvalue weighted by Gasteiger charge is -2.39. The Morgan fingerprint density at radius 3 is 2.71 bits per heavy atom. The molecule has 0 aromatic heterocycles. The summed E-state index contributed by atoms with van der Waals surface area (Å²) in [7, 11) is 1.78. The molecule has 0 bridgehead atoms. The number of rotatable bonds is 6. The molecule has 132 valence electrons. The van der Waals surface area contributed by atoms with Crippen molar-refractivity contribution in [1.29, 1.82) is 0 Å². The van der Waals surface area contributed by atoms with Crippen LogP contribution >= 0.6 is 0 Å². The summed E-state index contributed by atoms with van der Waals surface area (Å²) < 4.78 is 11.2. The Balaban J connectivity index is 1.47. The van der Waals surface area contributed by atoms with E-state index in [-0.39, 0.29) is 17.6 Å². The second-order valence-electron chi connectivity index (χ2n) is 6.87. The summed E-state index contributed by atoms with van der Waals surface area (Å²) in [4.78, 5) is 14.4. The first kappa shape index (κ1) is 17.4. The van der Waals surface area contributed by atoms with Crippen molar-refractivity contribution in [3.63, 3.8) is 0 Å². The Labute approximate surface area is 144 Å². The number of hydrogen-bond acceptors (Lipinski definition) is 4. The van der Waals surface area contributed by atoms with Gasteiger partial charge in [-0.2, -0.15) is 0 Å². The highest BCUT2D eigenvalue weighted by atomic mass is 16.5. The van der Waals surface area contributed by atoms with E-state index in [0.717, 1.165) is 45.6 Å². The summed E-state index contributed by atoms with van der Waals surface area (Å²) in [5.74, 6) is 0.237. The van der Waals surface area contributed by atoms with Crippen LogP contribution in [0.15, 0.2) is 30.3 Å². The molecule has 0 unspecified atom stereocenters. The molecule has 1 aromatic carbocycles. The lowest BCUT2D eigenvalue weighted by Crippen LogP contribution is -2.52. The molecular weight excluding hydrogens is 304 g/mol. The van der Waals surface area contributed by atoms with E-state index in [1.165, 1.54) is 5.56 Å². The topological polar surface area (TPSA) is 50.8 Å². The quantitative estimate of drug-likeness (QED) is 0.865. The smallest absolute Gasteiger partial charge is 0.224 e. The number of piperidine rings is 1. The van der Waals surface area contributed by atoms with E-state index in [2.05, 4.69) is 17.4 Å². The normalized spacial score (nSPS) is 24.1. The predicted molar refractivity (Wildman–Crippen MR) is 92.7 cm³/mol. The molecule has 24 heavy (non-hydrogen) atoms. The number of hydrogen-bond donors (Lipinski definition) is 1. The van der Waals surface area contributed by atoms with Crippen LogP contribution < -0.4 is 5.32 Å². The van der Waals surface area contributed by atoms with Crippen molar-refractivity contribution in [3.05, 3.63) is 35.9 Å². The largest absolute Gasteiger partial charge is 0.381 e. The van der Waals surface area contributed by atoms with E-state index in [4.69, 9.17) is 9.47 Å². The Hall–Kier alpha value is -1.43. The summed E-state index contributed by atoms with van der Waals surface area (Å²) in [6, 6.07) is 10.4. The van der Waals surface area contributed by atoms with Crippen molar-refractivity contribution < 1.29 is 14.3 Å². The van der Waals surface area contributed by atoms with Crippen LogP contribution in [-0.4, -0.2) is 55.9 Å². The molecule has 5 heteroatoms. The summed E-state index contributed by atoms with van der Waals surface area (Å²) in [5, 5.41) is 3.57. The summed E-state index contributed by atoms with van der Waals surface area (Å²) in [6.45, 7) is 3.83. The Kier molecular flexibility index (Phi) is 5.87. The van der Waals surface area contributed by atoms with Crippen molar-refractivity contribution in [1.82, 2.24) is 10.2 Å². The number of nitrogens with one attached hydrogen (secondary N) is 1. The fourth-order valence-electron chi connectivity index (χ4n) is 3.55. The van der Waals surface area contributed by atoms with Gasteiger partial charge in [0.25, 0.3) is 0 Å². The van der Waals surface area contributed by atoms with E-state index in [0.29, 0.717) is 13.0 Å². The average molecular weight is 332 g/mol. The van der Waals surface area contributed by atoms with Crippen LogP contribution in [0.5, 0.6) is 0 Å². The molecule has 2 aliphatic heterocycles. The number of nitrogens with zero attached hydrogens (tertiary/aromatic N) is 1. The minimum Gasteiger partial charge on any atom is -0.381 e. The van der Waals surface area contributed by atoms with E-state index in [9.17, 15) is 4.79 Å². The molecule has 5 nitrogen and oxygen atoms in total. The first-order valence-corrected chi connectivity index (χ1v) is 8.89. The fraction of sp³-hybridized carbons (Fsp3) is 0.632. The molecule has 0 aliphatic carbocycles. The van der Waals surface area contributed by atoms with Gasteiger partial charge in [-0.15, -0.1) is 0 Å². The molecule has 3 rings (SSSR count). The van der Waals surface area contributed by atoms with Gasteiger partial charge in [-0.25, -0.2) is 0 Å². The summed E-state index contributed by atoms with van der Waals surface area (Å²) >= 11 is 0. The SMILES string of the molecule is COC1(CN[C@@H]2CCN(Cc3ccccc3)C(=O)C2)CCOCC1. The van der Waals surface area contributed by atoms with Gasteiger partial charge in [0, 0.05) is 65.3 Å². The Bertz CT molecular complexity index is 529. The molecule has 1 amide bonds. The Morgan fingerprint density at radius 1 is 1.29 bits per heavy atom. The van der Waals surface area contributed by atoms with Crippen LogP contribution in [-0.2, 0) is 20.8 Å². The van der Waals surface area contributed by atoms with Crippen LogP contribution in [0.2, 0.25) is 0 Å². The lowest BCUT2D eigenvalue weighted by molar-refractivity contribution is -0.135. The number of amides is 1. The zero-order valence-corrected chi connectivity index (χ0v) is 14.5. The van der Waals surface area contributed by atoms with Crippen LogP contribution in [0, 0.1) is 0 Å². The molecule has 2 saturated heterocycles. The number of ether oxygens (including phenoxy) is 2. The molecular formula is C19H28N2O3. The molecule has 1 aromatic rings. The van der Waals surface area contributed by atoms with Crippen molar-refractivity contribution >= 4 is 5.91 Å². The van der Waals surface area contributed by atoms with Gasteiger partial charge in [0.1, 0.15) is 0 Å². The van der Waals surface area contributed by atoms with Gasteiger partial charge in [-0.1, -0.05) is 30.3 Å². The third-order valence-corrected chi connectivity index (χ3v) is 5.29. The predicted octanol–water partition coefficient (Wildman–Crippen LogP) is 1.96. The summed E-state index contributed by atoms with van der Waals surface area (Å²) in [6.07, 6.45) is 3.40. The first-order valence-electron chi connectivity index (χ1n) is 8.89. The molecule has 1 atom stereocenters. The molecule has 0 saturated carbocycles. The maximum absolute atomic E-state index is 12.4. The highest BCUT2D eigenvalue weighted by Crippen LogP contribution is 2.24. The summed E-state index contributed by atoms with van der Waals surface area (Å²) in [5.41, 5.74) is 1.06. The minimum atomic E-state index is -0.136. The molecule has 2 heterocycles. The number of methoxy groups -OCH3 is 1. The minimum absolute atomic E-state index is 0.136. The highest BCUT2D eigenvalue weighted by molar-refractivity contribution is 5.77. The van der Waals surface area contributed by atoms with E-state index in [1.807, 2.05) is 23.1 Å². The second kappa shape index (κ2) is 8.10. The molecule has 2 fully saturated rings. The third kappa shape index (κ3) is 4.35. The molecule has 2 aliphatic rings. The third-order valence-electron chi connectivity index (χ3n) is 5.29. The first-order chi connectivity index (χ1) is 11.7. The fourth-order valence-corrected chi connectivity index (χ4v) is 3.55. The second-order valence-corrected chi connectivity index (χ2v) is 6.87. The number of likely N-dealkylation sites (tertiary alicyclic amines) is 1. The number of carbonyl (C=O) groups excluding carboxylic acids is 1. The van der Waals surface area contributed by atoms with Gasteiger partial charge in [0.05, 0.1) is 5.60 Å². The highest BCUT2D eigenvalue weighted by Gasteiger charge is 2.34. The average Bonchev–Trinajstić information content (AvgIpc) is 2.64. The molecule has 0 spiro atoms. The van der Waals surface area contributed by atoms with Crippen LogP contribution in [0.25, 0.3) is 0 Å². The molecule has 0 radical (unpaired) electrons. The van der Waals surface area contributed by atoms with Gasteiger partial charge >= 0.3 is 0 Å². The van der Waals surface area contributed by atoms with Crippen LogP contribution in [0.3, 0.4) is 0 Å². The monoisotopic (exact) mass is 332 g/mol. The maximum Gasteiger partial charge on any atom is 0.224 e. The molecule has 1 N–H and O–H groups in total. The van der Waals surface area contributed by atoms with Gasteiger partial charge < -0.3 is 19.7 Å². The Morgan fingerprint density at radius 2 is 2.04 bits per heavy atom. The number of carbonyl (C=O) groups is 1.